The number of carbonyl (C=O) groups excluding carboxylic acids is 15. The highest BCUT2D eigenvalue weighted by Gasteiger charge is 2.47. The molecule has 3 fully saturated rings. The Morgan fingerprint density at radius 2 is 1.02 bits per heavy atom. The average Bonchev–Trinajstić information content (AvgIpc) is 1.57. The van der Waals surface area contributed by atoms with Crippen molar-refractivity contribution in [3.05, 3.63) is 173 Å². The van der Waals surface area contributed by atoms with Gasteiger partial charge in [0, 0.05) is 89.2 Å². The lowest BCUT2D eigenvalue weighted by Crippen LogP contribution is -2.63. The van der Waals surface area contributed by atoms with E-state index in [2.05, 4.69) is 52.8 Å². The Hall–Kier alpha value is -13.5. The summed E-state index contributed by atoms with van der Waals surface area (Å²) in [6, 6.07) is 4.18. The minimum atomic E-state index is -2.00. The summed E-state index contributed by atoms with van der Waals surface area (Å²) in [5.41, 5.74) is 7.06. The number of phenolic OH excluding ortho intramolecular Hbond substituents is 1. The maximum absolute atomic E-state index is 15.7. The fourth-order valence-corrected chi connectivity index (χ4v) is 17.3. The fourth-order valence-electron chi connectivity index (χ4n) is 16.5. The smallest absolute Gasteiger partial charge is 0.305 e. The molecule has 0 bridgehead atoms. The van der Waals surface area contributed by atoms with E-state index in [-0.39, 0.29) is 88.6 Å². The van der Waals surface area contributed by atoms with Crippen molar-refractivity contribution in [2.24, 2.45) is 17.6 Å². The van der Waals surface area contributed by atoms with Gasteiger partial charge in [0.1, 0.15) is 90.1 Å². The van der Waals surface area contributed by atoms with Crippen LogP contribution in [0.1, 0.15) is 133 Å². The molecule has 0 unspecified atom stereocenters. The molecule has 0 radical (unpaired) electrons. The number of carboxylic acids is 2. The maximum atomic E-state index is 15.7. The van der Waals surface area contributed by atoms with Crippen LogP contribution in [0.4, 0.5) is 17.6 Å². The van der Waals surface area contributed by atoms with Crippen LogP contribution in [0.25, 0.3) is 10.9 Å². The number of aromatic amines is 1. The SMILES string of the molecule is CCCC[C@H]1C(=O)N2CCC[C@@H]2C(=O)N[C@@H](CC(=O)O)C(=O)N[C@@H](C(C)C)C(=O)N(C)[C@@H](Cc2ccccc2)C(=O)N[C@@H](CC(=O)O)C(=O)N2CCCC[C@@H]2C(=O)N[C@@H](Cc2c[nH]c3ccccc23)C(=O)N[C@@H](Cc2ccc(O)cc2)C(=O)N[C@@H](CC(C)C)C(=O)N[C@H](C(=O)NCC(N)=O)CSCC(=O)N[C@@H](Cc2cc(F)c(F)c(F)c2)C(=O)N(C)[C@@H](Cc2ccc(F)cc2)C(=O)N1C. The number of carboxylic acid groups (broad SMARTS) is 2. The van der Waals surface area contributed by atoms with Crippen LogP contribution < -0.4 is 53.6 Å². The number of carbonyl (C=O) groups is 17. The first-order valence-corrected chi connectivity index (χ1v) is 45.4. The second kappa shape index (κ2) is 48.8. The molecule has 722 valence electrons. The van der Waals surface area contributed by atoms with Gasteiger partial charge >= 0.3 is 11.9 Å². The molecule has 1 aromatic heterocycles. The molecule has 41 heteroatoms. The number of aromatic hydroxyl groups is 1. The molecule has 3 saturated heterocycles. The van der Waals surface area contributed by atoms with E-state index in [4.69, 9.17) is 5.73 Å². The van der Waals surface area contributed by atoms with Crippen molar-refractivity contribution in [2.45, 2.75) is 216 Å². The van der Waals surface area contributed by atoms with Crippen molar-refractivity contribution < 1.29 is 114 Å². The van der Waals surface area contributed by atoms with Crippen molar-refractivity contribution in [1.29, 1.82) is 0 Å². The Balaban J connectivity index is 1.14. The van der Waals surface area contributed by atoms with Crippen LogP contribution in [0.3, 0.4) is 0 Å². The number of unbranched alkanes of at least 4 members (excludes halogenated alkanes) is 1. The molecule has 13 atom stereocenters. The first-order chi connectivity index (χ1) is 63.6. The number of amides is 15. The second-order valence-corrected chi connectivity index (χ2v) is 35.6. The third kappa shape index (κ3) is 28.8. The number of aromatic nitrogens is 1. The first kappa shape index (κ1) is 104. The number of nitrogens with one attached hydrogen (secondary N) is 10. The van der Waals surface area contributed by atoms with E-state index in [9.17, 15) is 57.7 Å². The zero-order chi connectivity index (χ0) is 98.1. The average molecular weight is 1890 g/mol. The largest absolute Gasteiger partial charge is 0.508 e. The molecule has 4 heterocycles. The van der Waals surface area contributed by atoms with E-state index < -0.39 is 263 Å². The van der Waals surface area contributed by atoms with Gasteiger partial charge in [-0.2, -0.15) is 0 Å². The van der Waals surface area contributed by atoms with E-state index in [1.54, 1.807) is 81.6 Å². The van der Waals surface area contributed by atoms with Gasteiger partial charge in [-0.1, -0.05) is 120 Å². The predicted molar refractivity (Wildman–Crippen MR) is 481 cm³/mol. The topological polar surface area (TPSA) is 517 Å². The van der Waals surface area contributed by atoms with Crippen LogP contribution in [0.2, 0.25) is 0 Å². The number of primary amides is 1. The molecule has 3 aliphatic rings. The van der Waals surface area contributed by atoms with E-state index in [1.807, 2.05) is 0 Å². The van der Waals surface area contributed by atoms with Crippen LogP contribution in [0.15, 0.2) is 121 Å². The lowest BCUT2D eigenvalue weighted by atomic mass is 9.97. The van der Waals surface area contributed by atoms with Gasteiger partial charge < -0.3 is 98.4 Å². The summed E-state index contributed by atoms with van der Waals surface area (Å²) >= 11 is 0.636. The molecule has 5 aromatic carbocycles. The number of para-hydroxylation sites is 1. The lowest BCUT2D eigenvalue weighted by molar-refractivity contribution is -0.152. The molecule has 9 rings (SSSR count). The molecule has 134 heavy (non-hydrogen) atoms. The van der Waals surface area contributed by atoms with Crippen LogP contribution in [-0.2, 0) is 114 Å². The van der Waals surface area contributed by atoms with Crippen LogP contribution in [0, 0.1) is 35.1 Å². The molecule has 6 aromatic rings. The van der Waals surface area contributed by atoms with Crippen molar-refractivity contribution >= 4 is 123 Å². The number of nitrogens with two attached hydrogens (primary N) is 1. The zero-order valence-corrected chi connectivity index (χ0v) is 76.4. The standard InChI is InChI=1S/C93H116F4N16O20S/c1-9-10-23-72-92(132)113-35-18-25-71(113)87(127)105-66(44-77(117)118)85(125)108-80(51(4)5)93(133)110(7)73(41-52-19-12-11-13-20-52)88(128)106-68(45-78(119)120)90(130)112-34-17-16-24-70(112)86(126)104-65(43-56-46-99-62-22-15-14-21-59(56)62)84(124)103-64(39-53-28-32-58(114)33-29-53)83(123)102-63(36-50(2)3)82(122)107-69(81(121)100-47-75(98)115)48-134-49-76(116)101-67(40-55-37-60(95)79(97)61(96)38-55)89(129)111(8)74(91(131)109(72)6)42-54-26-30-57(94)31-27-54/h11-15,19-22,26-33,37-38,46,50-51,63-74,80,99,114H,9-10,16-18,23-25,34-36,39-45,47-49H2,1-8H3,(H2,98,115)(H,100,121)(H,101,116)(H,102,123)(H,103,124)(H,104,126)(H,105,127)(H,106,128)(H,107,122)(H,108,125)(H,117,118)(H,119,120)/t63-,64-,65-,66-,67-,68-,69-,70+,71+,72-,73-,74-,80-/m0/s1. The summed E-state index contributed by atoms with van der Waals surface area (Å²) < 4.78 is 59.8. The Labute approximate surface area is 775 Å². The molecule has 0 saturated carbocycles. The van der Waals surface area contributed by atoms with Gasteiger partial charge in [-0.15, -0.1) is 11.8 Å². The normalized spacial score (nSPS) is 23.6. The van der Waals surface area contributed by atoms with Gasteiger partial charge in [0.05, 0.1) is 25.1 Å². The number of rotatable bonds is 23. The highest BCUT2D eigenvalue weighted by atomic mass is 32.2. The Morgan fingerprint density at radius 3 is 1.65 bits per heavy atom. The molecule has 15 amide bonds. The molecule has 15 N–H and O–H groups in total. The number of aliphatic carboxylic acids is 2. The number of piperidine rings is 1. The number of thioether (sulfide) groups is 1. The van der Waals surface area contributed by atoms with Gasteiger partial charge in [-0.3, -0.25) is 81.5 Å². The highest BCUT2D eigenvalue weighted by Crippen LogP contribution is 2.29. The minimum Gasteiger partial charge on any atom is -0.508 e. The highest BCUT2D eigenvalue weighted by molar-refractivity contribution is 8.00. The summed E-state index contributed by atoms with van der Waals surface area (Å²) in [4.78, 5) is 258. The number of likely N-dealkylation sites (N-methyl/N-ethyl adjacent to an activating group) is 3. The second-order valence-electron chi connectivity index (χ2n) is 34.5. The minimum absolute atomic E-state index is 0.0902. The molecule has 36 nitrogen and oxygen atoms in total. The predicted octanol–water partition coefficient (Wildman–Crippen LogP) is 2.86. The quantitative estimate of drug-likeness (QED) is 0.0324. The summed E-state index contributed by atoms with van der Waals surface area (Å²) in [5.74, 6) is -27.7. The Kier molecular flexibility index (Phi) is 37.9. The Bertz CT molecular complexity index is 5250. The summed E-state index contributed by atoms with van der Waals surface area (Å²) in [6.45, 7) is 6.98. The van der Waals surface area contributed by atoms with Crippen molar-refractivity contribution in [3.63, 3.8) is 0 Å². The number of benzene rings is 5. The van der Waals surface area contributed by atoms with Gasteiger partial charge in [0.25, 0.3) is 0 Å². The molecule has 0 spiro atoms. The molecule has 0 aliphatic carbocycles. The fraction of sp³-hybridized carbons (Fsp3) is 0.473. The van der Waals surface area contributed by atoms with Crippen LogP contribution in [0.5, 0.6) is 5.75 Å². The van der Waals surface area contributed by atoms with E-state index >= 15 is 56.7 Å². The van der Waals surface area contributed by atoms with Crippen LogP contribution in [-0.4, -0.2) is 276 Å². The van der Waals surface area contributed by atoms with Gasteiger partial charge in [-0.25, -0.2) is 17.6 Å². The third-order valence-electron chi connectivity index (χ3n) is 23.7. The van der Waals surface area contributed by atoms with Gasteiger partial charge in [0.15, 0.2) is 17.5 Å². The summed E-state index contributed by atoms with van der Waals surface area (Å²) in [5, 5.41) is 55.0. The Morgan fingerprint density at radius 1 is 0.507 bits per heavy atom. The molecular weight excluding hydrogens is 1770 g/mol. The van der Waals surface area contributed by atoms with Crippen LogP contribution >= 0.6 is 11.8 Å². The molecule has 3 aliphatic heterocycles. The van der Waals surface area contributed by atoms with Crippen molar-refractivity contribution in [2.75, 3.05) is 52.3 Å². The van der Waals surface area contributed by atoms with Gasteiger partial charge in [0.2, 0.25) is 88.6 Å². The number of halogens is 4. The number of phenols is 1. The number of hydrogen-bond donors (Lipinski definition) is 14. The number of hydrogen-bond acceptors (Lipinski definition) is 19. The van der Waals surface area contributed by atoms with E-state index in [0.717, 1.165) is 43.7 Å². The first-order valence-electron chi connectivity index (χ1n) is 44.3. The summed E-state index contributed by atoms with van der Waals surface area (Å²) in [7, 11) is 3.54. The number of fused-ring (bicyclic) bond motifs is 3. The summed E-state index contributed by atoms with van der Waals surface area (Å²) in [6.07, 6.45) is -2.11. The third-order valence-corrected chi connectivity index (χ3v) is 24.7. The molecular formula is C93H116F4N16O20S. The van der Waals surface area contributed by atoms with Crippen molar-refractivity contribution in [1.82, 2.24) is 77.3 Å². The monoisotopic (exact) mass is 1880 g/mol. The maximum Gasteiger partial charge on any atom is 0.305 e. The number of H-pyrrole nitrogens is 1. The number of nitrogens with zero attached hydrogens (tertiary/aromatic N) is 5. The van der Waals surface area contributed by atoms with E-state index in [0.29, 0.717) is 64.3 Å². The van der Waals surface area contributed by atoms with Gasteiger partial charge in [-0.05, 0) is 127 Å². The lowest BCUT2D eigenvalue weighted by Gasteiger charge is -2.38. The van der Waals surface area contributed by atoms with Crippen molar-refractivity contribution in [3.8, 4) is 5.75 Å². The zero-order valence-electron chi connectivity index (χ0n) is 75.6. The van der Waals surface area contributed by atoms with E-state index in [1.165, 1.54) is 64.3 Å².